The van der Waals surface area contributed by atoms with Gasteiger partial charge in [0.05, 0.1) is 44.0 Å². The number of ether oxygens (including phenoxy) is 1. The van der Waals surface area contributed by atoms with Crippen molar-refractivity contribution in [3.63, 3.8) is 0 Å². The Balaban J connectivity index is 1.71. The molecule has 1 atom stereocenters. The summed E-state index contributed by atoms with van der Waals surface area (Å²) >= 11 is 2.51. The molecule has 1 unspecified atom stereocenters. The van der Waals surface area contributed by atoms with Crippen LogP contribution in [0.5, 0.6) is 11.5 Å². The zero-order valence-electron chi connectivity index (χ0n) is 20.0. The van der Waals surface area contributed by atoms with E-state index in [0.717, 1.165) is 10.3 Å². The lowest BCUT2D eigenvalue weighted by Gasteiger charge is -2.25. The Kier molecular flexibility index (Phi) is 6.01. The van der Waals surface area contributed by atoms with E-state index in [1.54, 1.807) is 32.9 Å². The fourth-order valence-corrected chi connectivity index (χ4v) is 6.27. The summed E-state index contributed by atoms with van der Waals surface area (Å²) in [6.45, 7) is 7.59. The summed E-state index contributed by atoms with van der Waals surface area (Å²) in [4.78, 5) is 37.9. The standard InChI is InChI=1S/C26H23N3O5S2/c1-5-34-18-11-15(7-9-17(18)30)21-20(22(31)24-13(3)27-14(4)35-24)23(32)25(33)29(21)26-28-16-8-6-12(2)10-19(16)36-26/h6-11,21,30,32H,5H2,1-4H3. The first-order valence-electron chi connectivity index (χ1n) is 11.3. The Labute approximate surface area is 215 Å². The van der Waals surface area contributed by atoms with Crippen LogP contribution in [0.4, 0.5) is 5.13 Å². The molecule has 2 aromatic carbocycles. The highest BCUT2D eigenvalue weighted by Crippen LogP contribution is 2.46. The van der Waals surface area contributed by atoms with Crippen LogP contribution in [0.2, 0.25) is 0 Å². The summed E-state index contributed by atoms with van der Waals surface area (Å²) in [5, 5.41) is 22.4. The van der Waals surface area contributed by atoms with Crippen molar-refractivity contribution in [2.24, 2.45) is 0 Å². The van der Waals surface area contributed by atoms with E-state index in [0.29, 0.717) is 38.4 Å². The number of amides is 1. The second kappa shape index (κ2) is 9.03. The van der Waals surface area contributed by atoms with Crippen molar-refractivity contribution in [2.75, 3.05) is 11.5 Å². The number of phenolic OH excluding ortho intramolecular Hbond substituents is 1. The van der Waals surface area contributed by atoms with E-state index in [1.807, 2.05) is 25.1 Å². The Morgan fingerprint density at radius 2 is 1.86 bits per heavy atom. The molecule has 5 rings (SSSR count). The van der Waals surface area contributed by atoms with E-state index in [9.17, 15) is 19.8 Å². The number of aromatic nitrogens is 2. The molecule has 0 saturated heterocycles. The molecule has 2 N–H and O–H groups in total. The number of hydrogen-bond acceptors (Lipinski definition) is 9. The van der Waals surface area contributed by atoms with E-state index >= 15 is 0 Å². The maximum atomic E-state index is 13.8. The number of Topliss-reactive ketones (excluding diaryl/α,β-unsaturated/α-hetero) is 1. The normalized spacial score (nSPS) is 15.8. The fourth-order valence-electron chi connectivity index (χ4n) is 4.31. The number of aliphatic hydroxyl groups is 1. The number of rotatable bonds is 6. The first-order chi connectivity index (χ1) is 17.2. The van der Waals surface area contributed by atoms with E-state index in [-0.39, 0.29) is 17.1 Å². The summed E-state index contributed by atoms with van der Waals surface area (Å²) in [5.41, 5.74) is 2.72. The number of ketones is 1. The van der Waals surface area contributed by atoms with Crippen LogP contribution in [0.25, 0.3) is 10.2 Å². The van der Waals surface area contributed by atoms with E-state index in [2.05, 4.69) is 9.97 Å². The third kappa shape index (κ3) is 3.92. The average molecular weight is 522 g/mol. The first kappa shape index (κ1) is 24.0. The fraction of sp³-hybridized carbons (Fsp3) is 0.231. The molecular weight excluding hydrogens is 498 g/mol. The molecule has 0 spiro atoms. The highest BCUT2D eigenvalue weighted by atomic mass is 32.1. The predicted octanol–water partition coefficient (Wildman–Crippen LogP) is 5.57. The zero-order chi connectivity index (χ0) is 25.7. The van der Waals surface area contributed by atoms with Gasteiger partial charge in [-0.1, -0.05) is 23.5 Å². The van der Waals surface area contributed by atoms with Crippen molar-refractivity contribution in [3.8, 4) is 11.5 Å². The van der Waals surface area contributed by atoms with Gasteiger partial charge in [0.1, 0.15) is 0 Å². The van der Waals surface area contributed by atoms with Gasteiger partial charge in [0.2, 0.25) is 5.78 Å². The third-order valence-electron chi connectivity index (χ3n) is 5.90. The lowest BCUT2D eigenvalue weighted by Crippen LogP contribution is -2.31. The van der Waals surface area contributed by atoms with Gasteiger partial charge in [-0.25, -0.2) is 9.97 Å². The largest absolute Gasteiger partial charge is 0.504 e. The number of nitrogens with zero attached hydrogens (tertiary/aromatic N) is 3. The van der Waals surface area contributed by atoms with Crippen LogP contribution in [-0.2, 0) is 4.79 Å². The molecule has 0 bridgehead atoms. The number of hydrogen-bond donors (Lipinski definition) is 2. The molecule has 8 nitrogen and oxygen atoms in total. The van der Waals surface area contributed by atoms with Crippen molar-refractivity contribution < 1.29 is 24.5 Å². The SMILES string of the molecule is CCOc1cc(C2C(C(=O)c3sc(C)nc3C)=C(O)C(=O)N2c2nc3ccc(C)cc3s2)ccc1O. The van der Waals surface area contributed by atoms with Gasteiger partial charge in [0.25, 0.3) is 5.91 Å². The molecule has 0 saturated carbocycles. The van der Waals surface area contributed by atoms with Gasteiger partial charge in [-0.05, 0) is 63.1 Å². The number of carbonyl (C=O) groups is 2. The molecule has 10 heteroatoms. The van der Waals surface area contributed by atoms with Gasteiger partial charge in [-0.15, -0.1) is 11.3 Å². The molecule has 1 aliphatic rings. The zero-order valence-corrected chi connectivity index (χ0v) is 21.7. The Bertz CT molecular complexity index is 1570. The van der Waals surface area contributed by atoms with E-state index < -0.39 is 23.5 Å². The topological polar surface area (TPSA) is 113 Å². The predicted molar refractivity (Wildman–Crippen MR) is 139 cm³/mol. The molecule has 4 aromatic rings. The van der Waals surface area contributed by atoms with Crippen molar-refractivity contribution in [2.45, 2.75) is 33.7 Å². The maximum absolute atomic E-state index is 13.8. The van der Waals surface area contributed by atoms with Crippen LogP contribution in [0.3, 0.4) is 0 Å². The Hall–Kier alpha value is -3.76. The highest BCUT2D eigenvalue weighted by Gasteiger charge is 2.46. The van der Waals surface area contributed by atoms with Gasteiger partial charge >= 0.3 is 0 Å². The van der Waals surface area contributed by atoms with Crippen molar-refractivity contribution >= 4 is 49.7 Å². The van der Waals surface area contributed by atoms with Crippen LogP contribution >= 0.6 is 22.7 Å². The lowest BCUT2D eigenvalue weighted by molar-refractivity contribution is -0.117. The average Bonchev–Trinajstić information content (AvgIpc) is 3.48. The van der Waals surface area contributed by atoms with Crippen LogP contribution in [0.15, 0.2) is 47.7 Å². The maximum Gasteiger partial charge on any atom is 0.296 e. The van der Waals surface area contributed by atoms with Gasteiger partial charge < -0.3 is 14.9 Å². The number of aliphatic hydroxyl groups excluding tert-OH is 1. The summed E-state index contributed by atoms with van der Waals surface area (Å²) in [6, 6.07) is 9.44. The van der Waals surface area contributed by atoms with Crippen molar-refractivity contribution in [3.05, 3.63) is 74.4 Å². The summed E-state index contributed by atoms with van der Waals surface area (Å²) < 4.78 is 6.44. The van der Waals surface area contributed by atoms with Crippen molar-refractivity contribution in [1.82, 2.24) is 9.97 Å². The molecule has 2 aromatic heterocycles. The molecule has 0 radical (unpaired) electrons. The molecular formula is C26H23N3O5S2. The molecule has 1 amide bonds. The first-order valence-corrected chi connectivity index (χ1v) is 12.9. The molecule has 1 aliphatic heterocycles. The number of thiazole rings is 2. The monoisotopic (exact) mass is 521 g/mol. The highest BCUT2D eigenvalue weighted by molar-refractivity contribution is 7.22. The van der Waals surface area contributed by atoms with Crippen LogP contribution in [0, 0.1) is 20.8 Å². The number of anilines is 1. The number of benzene rings is 2. The van der Waals surface area contributed by atoms with Crippen LogP contribution in [0.1, 0.15) is 44.5 Å². The van der Waals surface area contributed by atoms with Crippen LogP contribution in [-0.4, -0.2) is 38.5 Å². The lowest BCUT2D eigenvalue weighted by atomic mass is 9.95. The Morgan fingerprint density at radius 3 is 2.56 bits per heavy atom. The van der Waals surface area contributed by atoms with Crippen molar-refractivity contribution in [1.29, 1.82) is 0 Å². The summed E-state index contributed by atoms with van der Waals surface area (Å²) in [7, 11) is 0. The minimum Gasteiger partial charge on any atom is -0.504 e. The molecule has 0 aliphatic carbocycles. The summed E-state index contributed by atoms with van der Waals surface area (Å²) in [6.07, 6.45) is 0. The molecule has 184 valence electrons. The van der Waals surface area contributed by atoms with Gasteiger partial charge in [0.15, 0.2) is 22.4 Å². The molecule has 3 heterocycles. The molecule has 36 heavy (non-hydrogen) atoms. The second-order valence-corrected chi connectivity index (χ2v) is 10.7. The van der Waals surface area contributed by atoms with E-state index in [1.165, 1.54) is 33.6 Å². The Morgan fingerprint density at radius 1 is 1.08 bits per heavy atom. The molecule has 0 fully saturated rings. The number of aryl methyl sites for hydroxylation is 3. The van der Waals surface area contributed by atoms with Gasteiger partial charge in [-0.3, -0.25) is 14.5 Å². The minimum absolute atomic E-state index is 0.0599. The van der Waals surface area contributed by atoms with E-state index in [4.69, 9.17) is 4.74 Å². The number of fused-ring (bicyclic) bond motifs is 1. The number of aromatic hydroxyl groups is 1. The van der Waals surface area contributed by atoms with Gasteiger partial charge in [-0.2, -0.15) is 0 Å². The number of phenols is 1. The third-order valence-corrected chi connectivity index (χ3v) is 7.99. The van der Waals surface area contributed by atoms with Gasteiger partial charge in [0, 0.05) is 0 Å². The quantitative estimate of drug-likeness (QED) is 0.319. The summed E-state index contributed by atoms with van der Waals surface area (Å²) in [5.74, 6) is -1.67. The van der Waals surface area contributed by atoms with Crippen LogP contribution < -0.4 is 9.64 Å². The minimum atomic E-state index is -0.978. The second-order valence-electron chi connectivity index (χ2n) is 8.44. The smallest absolute Gasteiger partial charge is 0.296 e. The number of carbonyl (C=O) groups excluding carboxylic acids is 2.